The first-order valence-corrected chi connectivity index (χ1v) is 47.7. The fourth-order valence-corrected chi connectivity index (χ4v) is 25.4. The summed E-state index contributed by atoms with van der Waals surface area (Å²) < 4.78 is 35.9. The second-order valence-corrected chi connectivity index (χ2v) is 40.1. The average molecular weight is 1600 g/mol. The average Bonchev–Trinajstić information content (AvgIpc) is 1.45. The van der Waals surface area contributed by atoms with Crippen molar-refractivity contribution in [3.63, 3.8) is 0 Å². The van der Waals surface area contributed by atoms with E-state index < -0.39 is 12.3 Å². The Morgan fingerprint density at radius 2 is 0.822 bits per heavy atom. The third kappa shape index (κ3) is 20.7. The molecule has 0 spiro atoms. The fourth-order valence-electron chi connectivity index (χ4n) is 25.4. The molecule has 6 saturated carbocycles. The molecule has 0 aromatic heterocycles. The maximum atomic E-state index is 13.0. The fraction of sp³-hybridized carbons (Fsp3) is 0.642. The number of ether oxygens (including phenoxy) is 6. The van der Waals surface area contributed by atoms with Gasteiger partial charge in [-0.1, -0.05) is 262 Å². The van der Waals surface area contributed by atoms with Gasteiger partial charge in [-0.05, 0) is 278 Å². The minimum Gasteiger partial charge on any atom is -0.494 e. The summed E-state index contributed by atoms with van der Waals surface area (Å²) in [6.07, 6.45) is 46.6. The van der Waals surface area contributed by atoms with Crippen molar-refractivity contribution in [2.75, 3.05) is 26.4 Å². The zero-order valence-corrected chi connectivity index (χ0v) is 74.1. The molecule has 0 unspecified atom stereocenters. The number of fused-ring (bicyclic) bond motifs is 12. The number of azo groups is 2. The van der Waals surface area contributed by atoms with Crippen molar-refractivity contribution < 1.29 is 38.0 Å². The van der Waals surface area contributed by atoms with Gasteiger partial charge >= 0.3 is 12.3 Å². The highest BCUT2D eigenvalue weighted by Gasteiger charge is 2.61. The Morgan fingerprint density at radius 3 is 1.29 bits per heavy atom. The second kappa shape index (κ2) is 40.6. The predicted molar refractivity (Wildman–Crippen MR) is 482 cm³/mol. The number of allylic oxidation sites excluding steroid dienone is 2. The zero-order chi connectivity index (χ0) is 82.2. The molecule has 6 aromatic carbocycles. The molecule has 8 aliphatic rings. The second-order valence-electron chi connectivity index (χ2n) is 40.1. The summed E-state index contributed by atoms with van der Waals surface area (Å²) in [7, 11) is 0. The molecule has 6 aromatic rings. The van der Waals surface area contributed by atoms with Gasteiger partial charge in [-0.15, -0.1) is 10.2 Å². The lowest BCUT2D eigenvalue weighted by Crippen LogP contribution is -2.51. The van der Waals surface area contributed by atoms with Gasteiger partial charge in [0.2, 0.25) is 0 Å². The van der Waals surface area contributed by atoms with Crippen LogP contribution in [0.4, 0.5) is 32.3 Å². The topological polar surface area (TPSA) is 139 Å². The summed E-state index contributed by atoms with van der Waals surface area (Å²) in [5.41, 5.74) is 9.35. The summed E-state index contributed by atoms with van der Waals surface area (Å²) in [6.45, 7) is 27.2. The molecule has 0 saturated heterocycles. The van der Waals surface area contributed by atoms with E-state index in [0.717, 1.165) is 261 Å². The first-order valence-electron chi connectivity index (χ1n) is 47.7. The minimum absolute atomic E-state index is 0.0741. The number of carbonyl (C=O) groups excluding carboxylic acids is 2. The van der Waals surface area contributed by atoms with Crippen LogP contribution in [0.5, 0.6) is 11.5 Å². The van der Waals surface area contributed by atoms with Gasteiger partial charge in [0.25, 0.3) is 0 Å². The number of carbonyl (C=O) groups is 2. The SMILES string of the molecule is CC(C)CCC[C@@H](C)[C@H]1CC[C@H]2[C@@H]3CC=C4C[C@H](OC(=O)OCCCCCCCCCOc5ccc(N=Nc6ccc7ccccc7c6-c6c(N=Nc7cccc(OCCCCCCCCCOC(=O)O[C@@H]8CC[C@@]9(C)C(=CC[C@H]%10[C@@H]%11CC[C@H]([C@H](C)CCCC(C)C)[C@@]%11(C)CC[C@@H]%109)C8)c7)ccc7ccccc67)cc5)CC[C@]4(C)[C@H]3CC[C@]12C. The summed E-state index contributed by atoms with van der Waals surface area (Å²) in [4.78, 5) is 26.0. The lowest BCUT2D eigenvalue weighted by Gasteiger charge is -2.58. The molecule has 12 heteroatoms. The van der Waals surface area contributed by atoms with Crippen LogP contribution < -0.4 is 9.47 Å². The van der Waals surface area contributed by atoms with E-state index in [0.29, 0.717) is 42.9 Å². The Labute approximate surface area is 709 Å². The number of unbranched alkanes of at least 4 members (excludes halogenated alkanes) is 12. The van der Waals surface area contributed by atoms with E-state index in [2.05, 4.69) is 154 Å². The van der Waals surface area contributed by atoms with Crippen molar-refractivity contribution in [1.29, 1.82) is 0 Å². The molecule has 16 atom stereocenters. The van der Waals surface area contributed by atoms with Gasteiger partial charge in [0, 0.05) is 30.0 Å². The molecule has 12 nitrogen and oxygen atoms in total. The van der Waals surface area contributed by atoms with E-state index in [1.807, 2.05) is 48.5 Å². The van der Waals surface area contributed by atoms with Gasteiger partial charge in [0.1, 0.15) is 23.7 Å². The molecule has 638 valence electrons. The van der Waals surface area contributed by atoms with Crippen LogP contribution in [0, 0.1) is 92.7 Å². The van der Waals surface area contributed by atoms with E-state index in [1.165, 1.54) is 103 Å². The number of benzene rings is 6. The Kier molecular flexibility index (Phi) is 29.9. The van der Waals surface area contributed by atoms with Crippen LogP contribution in [-0.2, 0) is 18.9 Å². The Bertz CT molecular complexity index is 4410. The lowest BCUT2D eigenvalue weighted by molar-refractivity contribution is -0.0617. The lowest BCUT2D eigenvalue weighted by atomic mass is 9.47. The third-order valence-corrected chi connectivity index (χ3v) is 31.9. The van der Waals surface area contributed by atoms with E-state index in [-0.39, 0.29) is 23.0 Å². The van der Waals surface area contributed by atoms with E-state index in [9.17, 15) is 9.59 Å². The largest absolute Gasteiger partial charge is 0.508 e. The minimum atomic E-state index is -0.488. The molecular weight excluding hydrogens is 1460 g/mol. The normalized spacial score (nSPS) is 28.3. The van der Waals surface area contributed by atoms with Crippen molar-refractivity contribution in [3.8, 4) is 22.6 Å². The molecule has 0 N–H and O–H groups in total. The molecule has 0 amide bonds. The highest BCUT2D eigenvalue weighted by atomic mass is 16.7. The van der Waals surface area contributed by atoms with Crippen LogP contribution >= 0.6 is 0 Å². The molecule has 118 heavy (non-hydrogen) atoms. The Hall–Kier alpha value is -7.34. The number of nitrogens with zero attached hydrogens (tertiary/aromatic N) is 4. The van der Waals surface area contributed by atoms with Crippen molar-refractivity contribution >= 4 is 56.6 Å². The smallest absolute Gasteiger partial charge is 0.494 e. The highest BCUT2D eigenvalue weighted by molar-refractivity contribution is 6.12. The van der Waals surface area contributed by atoms with E-state index >= 15 is 0 Å². The molecule has 0 radical (unpaired) electrons. The molecule has 6 fully saturated rings. The van der Waals surface area contributed by atoms with Gasteiger partial charge in [0.15, 0.2) is 0 Å². The van der Waals surface area contributed by atoms with Crippen molar-refractivity contribution in [1.82, 2.24) is 0 Å². The zero-order valence-electron chi connectivity index (χ0n) is 74.1. The molecule has 0 bridgehead atoms. The molecule has 0 aliphatic heterocycles. The Balaban J connectivity index is 0.469. The first-order chi connectivity index (χ1) is 57.3. The molecule has 14 rings (SSSR count). The summed E-state index contributed by atoms with van der Waals surface area (Å²) in [6, 6.07) is 40.9. The summed E-state index contributed by atoms with van der Waals surface area (Å²) in [5, 5.41) is 23.9. The predicted octanol–water partition coefficient (Wildman–Crippen LogP) is 31.8. The maximum Gasteiger partial charge on any atom is 0.508 e. The third-order valence-electron chi connectivity index (χ3n) is 31.9. The molecule has 8 aliphatic carbocycles. The quantitative estimate of drug-likeness (QED) is 0.0161. The van der Waals surface area contributed by atoms with Gasteiger partial charge in [-0.25, -0.2) is 9.59 Å². The van der Waals surface area contributed by atoms with Crippen molar-refractivity contribution in [3.05, 3.63) is 145 Å². The van der Waals surface area contributed by atoms with Crippen LogP contribution in [-0.4, -0.2) is 50.9 Å². The van der Waals surface area contributed by atoms with Crippen LogP contribution in [0.15, 0.2) is 165 Å². The molecular formula is C106H146N4O8. The highest BCUT2D eigenvalue weighted by Crippen LogP contribution is 2.70. The van der Waals surface area contributed by atoms with E-state index in [1.54, 1.807) is 11.1 Å². The van der Waals surface area contributed by atoms with Crippen LogP contribution in [0.1, 0.15) is 300 Å². The van der Waals surface area contributed by atoms with Crippen LogP contribution in [0.2, 0.25) is 0 Å². The van der Waals surface area contributed by atoms with Crippen LogP contribution in [0.3, 0.4) is 0 Å². The standard InChI is InChI=1S/C106H146N4O8/c1-73(2)32-29-34-75(5)91-52-54-93-89-50-44-79-70-85(58-62-103(79,7)95(89)60-64-105(91,93)9)117-101(111)115-68-27-19-15-11-13-17-25-66-113-83-48-46-81(47-49-83)107-109-97-56-42-77-36-21-23-40-87(77)99(97)100-88-41-24-22-37-78(88)43-57-98(100)110-108-82-38-31-39-84(72-82)114-67-26-18-14-12-16-20-28-69-116-102(112)118-86-59-63-104(8)80(71-86)45-51-90-94-55-53-92(76(6)35-30-33-74(3)4)106(94,10)65-61-96(90)104/h21-24,31,36-49,56-57,72-76,85-86,89-96H,11-20,25-30,32-35,50-55,58-71H2,1-10H3/t75-,76-,85-,86-,89+,90+,91-,92-,93+,94+,95+,96+,103+,104+,105-,106-/m1/s1. The van der Waals surface area contributed by atoms with Gasteiger partial charge in [-0.2, -0.15) is 10.2 Å². The van der Waals surface area contributed by atoms with E-state index in [4.69, 9.17) is 48.9 Å². The van der Waals surface area contributed by atoms with Crippen LogP contribution in [0.25, 0.3) is 32.7 Å². The summed E-state index contributed by atoms with van der Waals surface area (Å²) >= 11 is 0. The maximum absolute atomic E-state index is 13.0. The van der Waals surface area contributed by atoms with Crippen molar-refractivity contribution in [2.45, 2.75) is 313 Å². The van der Waals surface area contributed by atoms with Gasteiger partial charge in [-0.3, -0.25) is 0 Å². The van der Waals surface area contributed by atoms with Crippen molar-refractivity contribution in [2.24, 2.45) is 113 Å². The number of hydrogen-bond donors (Lipinski definition) is 0. The first kappa shape index (κ1) is 87.0. The molecule has 0 heterocycles. The van der Waals surface area contributed by atoms with Gasteiger partial charge < -0.3 is 28.4 Å². The number of hydrogen-bond acceptors (Lipinski definition) is 12. The number of rotatable bonds is 39. The monoisotopic (exact) mass is 1600 g/mol. The summed E-state index contributed by atoms with van der Waals surface area (Å²) in [5.74, 6) is 11.5. The van der Waals surface area contributed by atoms with Gasteiger partial charge in [0.05, 0.1) is 49.2 Å². The Morgan fingerprint density at radius 1 is 0.390 bits per heavy atom.